The van der Waals surface area contributed by atoms with Crippen LogP contribution in [0.3, 0.4) is 0 Å². The van der Waals surface area contributed by atoms with Crippen LogP contribution < -0.4 is 0 Å². The van der Waals surface area contributed by atoms with E-state index in [0.717, 1.165) is 44.9 Å². The maximum atomic E-state index is 12.4. The number of likely N-dealkylation sites (tertiary alicyclic amines) is 1. The Balaban J connectivity index is 2.03. The molecule has 144 valence electrons. The minimum Gasteiger partial charge on any atom is -0.453 e. The number of ether oxygens (including phenoxy) is 2. The van der Waals surface area contributed by atoms with Crippen LogP contribution in [0.5, 0.6) is 0 Å². The zero-order valence-electron chi connectivity index (χ0n) is 16.2. The lowest BCUT2D eigenvalue weighted by Crippen LogP contribution is -2.51. The van der Waals surface area contributed by atoms with Gasteiger partial charge in [0.15, 0.2) is 0 Å². The summed E-state index contributed by atoms with van der Waals surface area (Å²) in [6, 6.07) is 10.6. The molecule has 0 radical (unpaired) electrons. The van der Waals surface area contributed by atoms with E-state index in [1.165, 1.54) is 12.7 Å². The van der Waals surface area contributed by atoms with Gasteiger partial charge in [-0.1, -0.05) is 49.8 Å². The number of carbonyl (C=O) groups excluding carboxylic acids is 1. The van der Waals surface area contributed by atoms with Crippen LogP contribution in [-0.4, -0.2) is 36.3 Å². The Bertz CT molecular complexity index is 546. The summed E-state index contributed by atoms with van der Waals surface area (Å²) in [6.07, 6.45) is 8.74. The van der Waals surface area contributed by atoms with Crippen LogP contribution in [-0.2, 0) is 16.1 Å². The Kier molecular flexibility index (Phi) is 8.69. The van der Waals surface area contributed by atoms with E-state index >= 15 is 0 Å². The molecule has 0 bridgehead atoms. The van der Waals surface area contributed by atoms with Crippen molar-refractivity contribution in [3.63, 3.8) is 0 Å². The smallest absolute Gasteiger partial charge is 0.409 e. The molecule has 0 spiro atoms. The SMILES string of the molecule is C=CC[C@@H]1CCC[C@@H](C[C@@H](CCC)OCc2ccccc2)N1C(=O)OC. The number of piperidine rings is 1. The van der Waals surface area contributed by atoms with Crippen LogP contribution >= 0.6 is 0 Å². The molecule has 1 aliphatic rings. The molecule has 4 nitrogen and oxygen atoms in total. The number of amides is 1. The lowest BCUT2D eigenvalue weighted by atomic mass is 9.90. The molecule has 0 aromatic heterocycles. The number of hydrogen-bond acceptors (Lipinski definition) is 3. The summed E-state index contributed by atoms with van der Waals surface area (Å²) in [5, 5.41) is 0. The third kappa shape index (κ3) is 5.87. The van der Waals surface area contributed by atoms with Crippen molar-refractivity contribution in [3.8, 4) is 0 Å². The van der Waals surface area contributed by atoms with Gasteiger partial charge in [0.2, 0.25) is 0 Å². The first-order valence-corrected chi connectivity index (χ1v) is 9.82. The first-order chi connectivity index (χ1) is 12.7. The lowest BCUT2D eigenvalue weighted by Gasteiger charge is -2.42. The molecule has 3 atom stereocenters. The second-order valence-electron chi connectivity index (χ2n) is 7.08. The van der Waals surface area contributed by atoms with Crippen molar-refractivity contribution in [1.82, 2.24) is 4.90 Å². The van der Waals surface area contributed by atoms with Crippen LogP contribution in [0.4, 0.5) is 4.79 Å². The quantitative estimate of drug-likeness (QED) is 0.560. The average molecular weight is 360 g/mol. The van der Waals surface area contributed by atoms with Gasteiger partial charge in [-0.2, -0.15) is 0 Å². The van der Waals surface area contributed by atoms with Gasteiger partial charge in [-0.3, -0.25) is 0 Å². The van der Waals surface area contributed by atoms with E-state index < -0.39 is 0 Å². The van der Waals surface area contributed by atoms with Gasteiger partial charge >= 0.3 is 6.09 Å². The third-order valence-corrected chi connectivity index (χ3v) is 5.16. The number of nitrogens with zero attached hydrogens (tertiary/aromatic N) is 1. The monoisotopic (exact) mass is 359 g/mol. The van der Waals surface area contributed by atoms with Crippen molar-refractivity contribution in [2.75, 3.05) is 7.11 Å². The molecule has 4 heteroatoms. The molecule has 26 heavy (non-hydrogen) atoms. The Hall–Kier alpha value is -1.81. The van der Waals surface area contributed by atoms with Gasteiger partial charge in [0, 0.05) is 12.1 Å². The predicted molar refractivity (Wildman–Crippen MR) is 105 cm³/mol. The fourth-order valence-electron chi connectivity index (χ4n) is 3.91. The highest BCUT2D eigenvalue weighted by Crippen LogP contribution is 2.30. The van der Waals surface area contributed by atoms with Crippen molar-refractivity contribution in [2.24, 2.45) is 0 Å². The van der Waals surface area contributed by atoms with Crippen LogP contribution in [0.1, 0.15) is 57.4 Å². The van der Waals surface area contributed by atoms with E-state index in [0.29, 0.717) is 6.61 Å². The first kappa shape index (κ1) is 20.5. The third-order valence-electron chi connectivity index (χ3n) is 5.16. The predicted octanol–water partition coefficient (Wildman–Crippen LogP) is 5.33. The molecule has 0 N–H and O–H groups in total. The highest BCUT2D eigenvalue weighted by molar-refractivity contribution is 5.68. The van der Waals surface area contributed by atoms with Crippen molar-refractivity contribution in [2.45, 2.75) is 76.7 Å². The second-order valence-corrected chi connectivity index (χ2v) is 7.08. The zero-order chi connectivity index (χ0) is 18.8. The van der Waals surface area contributed by atoms with E-state index in [9.17, 15) is 4.79 Å². The summed E-state index contributed by atoms with van der Waals surface area (Å²) < 4.78 is 11.3. The molecule has 2 rings (SSSR count). The second kappa shape index (κ2) is 11.0. The topological polar surface area (TPSA) is 38.8 Å². The van der Waals surface area contributed by atoms with E-state index in [2.05, 4.69) is 25.6 Å². The Labute approximate surface area is 158 Å². The fourth-order valence-corrected chi connectivity index (χ4v) is 3.91. The van der Waals surface area contributed by atoms with Gasteiger partial charge in [0.05, 0.1) is 19.8 Å². The molecule has 0 aliphatic carbocycles. The maximum absolute atomic E-state index is 12.4. The number of hydrogen-bond donors (Lipinski definition) is 0. The maximum Gasteiger partial charge on any atom is 0.409 e. The fraction of sp³-hybridized carbons (Fsp3) is 0.591. The van der Waals surface area contributed by atoms with E-state index in [-0.39, 0.29) is 24.3 Å². The molecule has 1 amide bonds. The standard InChI is InChI=1S/C22H33NO3/c1-4-10-19-14-9-15-20(23(19)22(24)25-3)16-21(11-5-2)26-17-18-12-7-6-8-13-18/h4,6-8,12-13,19-21H,1,5,9-11,14-17H2,2-3H3/t19-,20+,21-/m1/s1. The van der Waals surface area contributed by atoms with Gasteiger partial charge in [-0.15, -0.1) is 6.58 Å². The van der Waals surface area contributed by atoms with Gasteiger partial charge in [0.25, 0.3) is 0 Å². The average Bonchev–Trinajstić information content (AvgIpc) is 2.67. The minimum atomic E-state index is -0.222. The number of benzene rings is 1. The number of carbonyl (C=O) groups is 1. The van der Waals surface area contributed by atoms with Crippen LogP contribution in [0.25, 0.3) is 0 Å². The van der Waals surface area contributed by atoms with Gasteiger partial charge in [-0.05, 0) is 44.1 Å². The molecule has 1 fully saturated rings. The normalized spacial score (nSPS) is 21.2. The molecular formula is C22H33NO3. The van der Waals surface area contributed by atoms with Crippen molar-refractivity contribution in [1.29, 1.82) is 0 Å². The molecule has 1 saturated heterocycles. The molecule has 1 aliphatic heterocycles. The molecule has 0 saturated carbocycles. The summed E-state index contributed by atoms with van der Waals surface area (Å²) in [7, 11) is 1.47. The van der Waals surface area contributed by atoms with E-state index in [1.807, 2.05) is 29.2 Å². The van der Waals surface area contributed by atoms with Crippen molar-refractivity contribution >= 4 is 6.09 Å². The van der Waals surface area contributed by atoms with E-state index in [4.69, 9.17) is 9.47 Å². The van der Waals surface area contributed by atoms with Crippen LogP contribution in [0.15, 0.2) is 43.0 Å². The summed E-state index contributed by atoms with van der Waals surface area (Å²) in [5.74, 6) is 0. The Morgan fingerprint density at radius 3 is 2.69 bits per heavy atom. The molecule has 0 unspecified atom stereocenters. The summed E-state index contributed by atoms with van der Waals surface area (Å²) in [6.45, 7) is 6.65. The number of rotatable bonds is 9. The highest BCUT2D eigenvalue weighted by atomic mass is 16.5. The molecule has 1 aromatic carbocycles. The molecule has 1 aromatic rings. The molecule has 1 heterocycles. The minimum absolute atomic E-state index is 0.153. The van der Waals surface area contributed by atoms with Crippen LogP contribution in [0, 0.1) is 0 Å². The van der Waals surface area contributed by atoms with Gasteiger partial charge in [0.1, 0.15) is 0 Å². The first-order valence-electron chi connectivity index (χ1n) is 9.82. The van der Waals surface area contributed by atoms with Gasteiger partial charge in [-0.25, -0.2) is 4.79 Å². The Morgan fingerprint density at radius 2 is 2.04 bits per heavy atom. The Morgan fingerprint density at radius 1 is 1.31 bits per heavy atom. The van der Waals surface area contributed by atoms with Crippen LogP contribution in [0.2, 0.25) is 0 Å². The lowest BCUT2D eigenvalue weighted by molar-refractivity contribution is -0.00737. The molecular weight excluding hydrogens is 326 g/mol. The van der Waals surface area contributed by atoms with Gasteiger partial charge < -0.3 is 14.4 Å². The summed E-state index contributed by atoms with van der Waals surface area (Å²) in [5.41, 5.74) is 1.19. The summed E-state index contributed by atoms with van der Waals surface area (Å²) >= 11 is 0. The number of methoxy groups -OCH3 is 1. The largest absolute Gasteiger partial charge is 0.453 e. The summed E-state index contributed by atoms with van der Waals surface area (Å²) in [4.78, 5) is 14.4. The van der Waals surface area contributed by atoms with Crippen molar-refractivity contribution < 1.29 is 14.3 Å². The van der Waals surface area contributed by atoms with E-state index in [1.54, 1.807) is 0 Å². The van der Waals surface area contributed by atoms with Crippen molar-refractivity contribution in [3.05, 3.63) is 48.6 Å². The highest BCUT2D eigenvalue weighted by Gasteiger charge is 2.35. The zero-order valence-corrected chi connectivity index (χ0v) is 16.2.